The summed E-state index contributed by atoms with van der Waals surface area (Å²) in [6, 6.07) is 6.85. The van der Waals surface area contributed by atoms with Crippen molar-refractivity contribution in [3.05, 3.63) is 23.8 Å². The smallest absolute Gasteiger partial charge is 0.161 e. The molecule has 0 saturated heterocycles. The van der Waals surface area contributed by atoms with Crippen LogP contribution in [0.25, 0.3) is 0 Å². The third kappa shape index (κ3) is 2.19. The summed E-state index contributed by atoms with van der Waals surface area (Å²) in [7, 11) is 0. The van der Waals surface area contributed by atoms with E-state index in [1.807, 2.05) is 6.07 Å². The van der Waals surface area contributed by atoms with Gasteiger partial charge in [-0.25, -0.2) is 0 Å². The molecule has 0 amide bonds. The molecular weight excluding hydrogens is 226 g/mol. The Bertz CT molecular complexity index is 415. The van der Waals surface area contributed by atoms with Gasteiger partial charge in [0.15, 0.2) is 11.5 Å². The quantitative estimate of drug-likeness (QED) is 0.887. The Labute approximate surface area is 108 Å². The van der Waals surface area contributed by atoms with Gasteiger partial charge in [0.25, 0.3) is 0 Å². The second-order valence-electron chi connectivity index (χ2n) is 5.13. The third-order valence-corrected chi connectivity index (χ3v) is 3.97. The lowest BCUT2D eigenvalue weighted by Gasteiger charge is -2.35. The van der Waals surface area contributed by atoms with Gasteiger partial charge in [0, 0.05) is 6.04 Å². The van der Waals surface area contributed by atoms with Gasteiger partial charge in [0.2, 0.25) is 0 Å². The molecule has 1 saturated carbocycles. The Kier molecular flexibility index (Phi) is 3.41. The van der Waals surface area contributed by atoms with E-state index in [1.165, 1.54) is 24.8 Å². The highest BCUT2D eigenvalue weighted by molar-refractivity contribution is 5.44. The van der Waals surface area contributed by atoms with Gasteiger partial charge in [-0.2, -0.15) is 0 Å². The molecule has 18 heavy (non-hydrogen) atoms. The van der Waals surface area contributed by atoms with Gasteiger partial charge in [0.1, 0.15) is 13.2 Å². The molecule has 1 aliphatic carbocycles. The Morgan fingerprint density at radius 1 is 1.22 bits per heavy atom. The molecule has 3 nitrogen and oxygen atoms in total. The topological polar surface area (TPSA) is 30.5 Å². The summed E-state index contributed by atoms with van der Waals surface area (Å²) >= 11 is 0. The molecule has 3 rings (SSSR count). The van der Waals surface area contributed by atoms with E-state index in [0.29, 0.717) is 19.3 Å². The van der Waals surface area contributed by atoms with E-state index >= 15 is 0 Å². The maximum atomic E-state index is 5.67. The number of hydrogen-bond acceptors (Lipinski definition) is 3. The fraction of sp³-hybridized carbons (Fsp3) is 0.600. The largest absolute Gasteiger partial charge is 0.486 e. The molecule has 1 aromatic rings. The van der Waals surface area contributed by atoms with E-state index in [2.05, 4.69) is 24.4 Å². The van der Waals surface area contributed by atoms with E-state index < -0.39 is 0 Å². The fourth-order valence-corrected chi connectivity index (χ4v) is 2.80. The zero-order chi connectivity index (χ0) is 12.4. The maximum absolute atomic E-state index is 5.67. The summed E-state index contributed by atoms with van der Waals surface area (Å²) in [5.74, 6) is 2.57. The third-order valence-electron chi connectivity index (χ3n) is 3.97. The lowest BCUT2D eigenvalue weighted by atomic mass is 9.77. The first-order valence-corrected chi connectivity index (χ1v) is 7.01. The highest BCUT2D eigenvalue weighted by atomic mass is 16.6. The molecule has 1 aromatic carbocycles. The van der Waals surface area contributed by atoms with Crippen LogP contribution in [-0.2, 0) is 0 Å². The Hall–Kier alpha value is -1.22. The number of nitrogens with one attached hydrogen (secondary N) is 1. The molecule has 1 aliphatic heterocycles. The molecule has 1 atom stereocenters. The summed E-state index contributed by atoms with van der Waals surface area (Å²) in [6.07, 6.45) is 4.05. The lowest BCUT2D eigenvalue weighted by molar-refractivity contribution is 0.170. The van der Waals surface area contributed by atoms with Gasteiger partial charge < -0.3 is 14.8 Å². The van der Waals surface area contributed by atoms with Gasteiger partial charge in [-0.05, 0) is 43.0 Å². The van der Waals surface area contributed by atoms with Crippen molar-refractivity contribution in [1.82, 2.24) is 5.32 Å². The molecular formula is C15H21NO2. The fourth-order valence-electron chi connectivity index (χ4n) is 2.80. The second kappa shape index (κ2) is 5.19. The van der Waals surface area contributed by atoms with Crippen LogP contribution in [0, 0.1) is 5.92 Å². The predicted octanol–water partition coefficient (Wildman–Crippen LogP) is 2.91. The van der Waals surface area contributed by atoms with Crippen LogP contribution in [0.5, 0.6) is 11.5 Å². The molecule has 3 heteroatoms. The van der Waals surface area contributed by atoms with Gasteiger partial charge in [-0.15, -0.1) is 0 Å². The molecule has 1 N–H and O–H groups in total. The van der Waals surface area contributed by atoms with Crippen molar-refractivity contribution in [1.29, 1.82) is 0 Å². The molecule has 98 valence electrons. The Morgan fingerprint density at radius 2 is 2.00 bits per heavy atom. The summed E-state index contributed by atoms with van der Waals surface area (Å²) in [6.45, 7) is 4.50. The van der Waals surface area contributed by atoms with Crippen LogP contribution in [0.3, 0.4) is 0 Å². The van der Waals surface area contributed by atoms with Crippen molar-refractivity contribution in [3.8, 4) is 11.5 Å². The maximum Gasteiger partial charge on any atom is 0.161 e. The van der Waals surface area contributed by atoms with Crippen LogP contribution in [0.15, 0.2) is 18.2 Å². The SMILES string of the molecule is CCNC(c1ccc2c(c1)OCCO2)C1CCC1. The van der Waals surface area contributed by atoms with E-state index in [0.717, 1.165) is 24.0 Å². The normalized spacial score (nSPS) is 20.3. The first kappa shape index (κ1) is 11.8. The summed E-state index contributed by atoms with van der Waals surface area (Å²) in [5, 5.41) is 3.61. The Morgan fingerprint density at radius 3 is 2.67 bits per heavy atom. The van der Waals surface area contributed by atoms with Gasteiger partial charge >= 0.3 is 0 Å². The van der Waals surface area contributed by atoms with E-state index in [4.69, 9.17) is 9.47 Å². The zero-order valence-corrected chi connectivity index (χ0v) is 10.9. The zero-order valence-electron chi connectivity index (χ0n) is 10.9. The average Bonchev–Trinajstić information content (AvgIpc) is 2.35. The highest BCUT2D eigenvalue weighted by Gasteiger charge is 2.28. The van der Waals surface area contributed by atoms with E-state index in [-0.39, 0.29) is 0 Å². The molecule has 0 aromatic heterocycles. The van der Waals surface area contributed by atoms with Crippen LogP contribution < -0.4 is 14.8 Å². The molecule has 0 bridgehead atoms. The van der Waals surface area contributed by atoms with Crippen LogP contribution >= 0.6 is 0 Å². The highest BCUT2D eigenvalue weighted by Crippen LogP contribution is 2.40. The molecule has 0 spiro atoms. The van der Waals surface area contributed by atoms with Crippen molar-refractivity contribution < 1.29 is 9.47 Å². The first-order chi connectivity index (χ1) is 8.88. The Balaban J connectivity index is 1.84. The number of ether oxygens (including phenoxy) is 2. The van der Waals surface area contributed by atoms with Crippen LogP contribution in [0.1, 0.15) is 37.8 Å². The summed E-state index contributed by atoms with van der Waals surface area (Å²) < 4.78 is 11.2. The number of benzene rings is 1. The van der Waals surface area contributed by atoms with E-state index in [1.54, 1.807) is 0 Å². The minimum Gasteiger partial charge on any atom is -0.486 e. The van der Waals surface area contributed by atoms with Gasteiger partial charge in [-0.3, -0.25) is 0 Å². The van der Waals surface area contributed by atoms with E-state index in [9.17, 15) is 0 Å². The summed E-state index contributed by atoms with van der Waals surface area (Å²) in [5.41, 5.74) is 1.34. The van der Waals surface area contributed by atoms with Crippen molar-refractivity contribution >= 4 is 0 Å². The number of rotatable bonds is 4. The van der Waals surface area contributed by atoms with Crippen molar-refractivity contribution in [2.45, 2.75) is 32.2 Å². The molecule has 1 heterocycles. The lowest BCUT2D eigenvalue weighted by Crippen LogP contribution is -2.32. The first-order valence-electron chi connectivity index (χ1n) is 7.01. The molecule has 0 radical (unpaired) electrons. The molecule has 1 unspecified atom stereocenters. The standard InChI is InChI=1S/C15H21NO2/c1-2-16-15(11-4-3-5-11)12-6-7-13-14(10-12)18-9-8-17-13/h6-7,10-11,15-16H,2-5,8-9H2,1H3. The average molecular weight is 247 g/mol. The minimum atomic E-state index is 0.472. The summed E-state index contributed by atoms with van der Waals surface area (Å²) in [4.78, 5) is 0. The predicted molar refractivity (Wildman–Crippen MR) is 71.2 cm³/mol. The number of fused-ring (bicyclic) bond motifs is 1. The van der Waals surface area contributed by atoms with Gasteiger partial charge in [0.05, 0.1) is 0 Å². The van der Waals surface area contributed by atoms with Crippen molar-refractivity contribution in [3.63, 3.8) is 0 Å². The molecule has 1 fully saturated rings. The number of hydrogen-bond donors (Lipinski definition) is 1. The monoisotopic (exact) mass is 247 g/mol. The van der Waals surface area contributed by atoms with Crippen molar-refractivity contribution in [2.75, 3.05) is 19.8 Å². The molecule has 2 aliphatic rings. The van der Waals surface area contributed by atoms with Crippen LogP contribution in [0.2, 0.25) is 0 Å². The van der Waals surface area contributed by atoms with Crippen LogP contribution in [-0.4, -0.2) is 19.8 Å². The van der Waals surface area contributed by atoms with Crippen molar-refractivity contribution in [2.24, 2.45) is 5.92 Å². The second-order valence-corrected chi connectivity index (χ2v) is 5.13. The minimum absolute atomic E-state index is 0.472. The van der Waals surface area contributed by atoms with Crippen LogP contribution in [0.4, 0.5) is 0 Å². The van der Waals surface area contributed by atoms with Gasteiger partial charge in [-0.1, -0.05) is 19.4 Å².